The van der Waals surface area contributed by atoms with Crippen LogP contribution in [0.15, 0.2) is 40.9 Å². The monoisotopic (exact) mass is 390 g/mol. The van der Waals surface area contributed by atoms with Crippen LogP contribution in [0.4, 0.5) is 0 Å². The summed E-state index contributed by atoms with van der Waals surface area (Å²) in [6, 6.07) is 13.4. The van der Waals surface area contributed by atoms with E-state index >= 15 is 0 Å². The van der Waals surface area contributed by atoms with E-state index in [4.69, 9.17) is 0 Å². The van der Waals surface area contributed by atoms with Crippen molar-refractivity contribution in [1.29, 1.82) is 0 Å². The smallest absolute Gasteiger partial charge is 0.263 e. The summed E-state index contributed by atoms with van der Waals surface area (Å²) in [6.07, 6.45) is 3.54. The van der Waals surface area contributed by atoms with Crippen molar-refractivity contribution in [2.45, 2.75) is 31.3 Å². The number of likely N-dealkylation sites (tertiary alicyclic amines) is 1. The molecule has 4 rings (SSSR count). The molecule has 0 radical (unpaired) electrons. The van der Waals surface area contributed by atoms with E-state index in [-0.39, 0.29) is 5.91 Å². The molecule has 1 aromatic carbocycles. The quantitative estimate of drug-likeness (QED) is 0.835. The normalized spacial score (nSPS) is 23.8. The molecule has 3 heterocycles. The molecule has 1 N–H and O–H groups in total. The maximum Gasteiger partial charge on any atom is 0.263 e. The summed E-state index contributed by atoms with van der Waals surface area (Å²) in [5, 5.41) is 3.63. The fourth-order valence-corrected chi connectivity index (χ4v) is 4.75. The maximum atomic E-state index is 12.8. The lowest BCUT2D eigenvalue weighted by Crippen LogP contribution is -2.38. The van der Waals surface area contributed by atoms with E-state index in [0.717, 1.165) is 39.3 Å². The first kappa shape index (κ1) is 15.4. The standard InChI is InChI=1S/C18H19BrN2OS/c19-13-3-1-12(2-4-13)16-7-8-17(23-16)18(22)21-10-9-14-5-6-15(11-21)20-14/h1-4,7-8,14-15,20H,5-6,9-11H2. The highest BCUT2D eigenvalue weighted by atomic mass is 79.9. The summed E-state index contributed by atoms with van der Waals surface area (Å²) in [4.78, 5) is 16.9. The molecule has 0 spiro atoms. The predicted octanol–water partition coefficient (Wildman–Crippen LogP) is 4.14. The van der Waals surface area contributed by atoms with Crippen molar-refractivity contribution in [3.8, 4) is 10.4 Å². The van der Waals surface area contributed by atoms with E-state index in [1.165, 1.54) is 12.8 Å². The Hall–Kier alpha value is -1.17. The largest absolute Gasteiger partial charge is 0.336 e. The van der Waals surface area contributed by atoms with Gasteiger partial charge in [-0.2, -0.15) is 0 Å². The molecule has 2 fully saturated rings. The van der Waals surface area contributed by atoms with Crippen molar-refractivity contribution in [2.24, 2.45) is 0 Å². The maximum absolute atomic E-state index is 12.8. The van der Waals surface area contributed by atoms with Gasteiger partial charge in [0.2, 0.25) is 0 Å². The molecule has 0 aliphatic carbocycles. The van der Waals surface area contributed by atoms with E-state index in [2.05, 4.69) is 39.4 Å². The number of benzene rings is 1. The lowest BCUT2D eigenvalue weighted by atomic mass is 10.1. The Balaban J connectivity index is 1.51. The highest BCUT2D eigenvalue weighted by Gasteiger charge is 2.31. The highest BCUT2D eigenvalue weighted by molar-refractivity contribution is 9.10. The van der Waals surface area contributed by atoms with E-state index in [0.29, 0.717) is 12.1 Å². The first-order valence-electron chi connectivity index (χ1n) is 8.10. The molecule has 2 unspecified atom stereocenters. The fourth-order valence-electron chi connectivity index (χ4n) is 3.51. The summed E-state index contributed by atoms with van der Waals surface area (Å²) >= 11 is 5.05. The molecule has 2 aromatic rings. The summed E-state index contributed by atoms with van der Waals surface area (Å²) < 4.78 is 1.07. The van der Waals surface area contributed by atoms with E-state index in [1.807, 2.05) is 23.1 Å². The van der Waals surface area contributed by atoms with Crippen LogP contribution in [0.2, 0.25) is 0 Å². The molecule has 23 heavy (non-hydrogen) atoms. The molecule has 3 nitrogen and oxygen atoms in total. The second kappa shape index (κ2) is 6.38. The van der Waals surface area contributed by atoms with Gasteiger partial charge in [-0.1, -0.05) is 28.1 Å². The predicted molar refractivity (Wildman–Crippen MR) is 97.9 cm³/mol. The van der Waals surface area contributed by atoms with Gasteiger partial charge in [-0.15, -0.1) is 11.3 Å². The molecule has 1 aromatic heterocycles. The van der Waals surface area contributed by atoms with Gasteiger partial charge in [-0.3, -0.25) is 4.79 Å². The average Bonchev–Trinajstić information content (AvgIpc) is 3.14. The molecule has 2 atom stereocenters. The minimum Gasteiger partial charge on any atom is -0.336 e. The van der Waals surface area contributed by atoms with Crippen LogP contribution in [0.25, 0.3) is 10.4 Å². The lowest BCUT2D eigenvalue weighted by Gasteiger charge is -2.23. The van der Waals surface area contributed by atoms with Gasteiger partial charge < -0.3 is 10.2 Å². The van der Waals surface area contributed by atoms with Gasteiger partial charge >= 0.3 is 0 Å². The van der Waals surface area contributed by atoms with E-state index in [1.54, 1.807) is 11.3 Å². The van der Waals surface area contributed by atoms with Gasteiger partial charge in [-0.05, 0) is 49.1 Å². The minimum absolute atomic E-state index is 0.188. The van der Waals surface area contributed by atoms with Crippen LogP contribution in [-0.2, 0) is 0 Å². The lowest BCUT2D eigenvalue weighted by molar-refractivity contribution is 0.0753. The van der Waals surface area contributed by atoms with Crippen LogP contribution < -0.4 is 5.32 Å². The SMILES string of the molecule is O=C(c1ccc(-c2ccc(Br)cc2)s1)N1CCC2CCC(C1)N2. The third-order valence-electron chi connectivity index (χ3n) is 4.76. The van der Waals surface area contributed by atoms with Crippen molar-refractivity contribution in [3.05, 3.63) is 45.7 Å². The van der Waals surface area contributed by atoms with Crippen molar-refractivity contribution < 1.29 is 4.79 Å². The number of thiophene rings is 1. The van der Waals surface area contributed by atoms with Crippen LogP contribution in [0.3, 0.4) is 0 Å². The zero-order valence-corrected chi connectivity index (χ0v) is 15.2. The third kappa shape index (κ3) is 3.23. The number of nitrogens with zero attached hydrogens (tertiary/aromatic N) is 1. The van der Waals surface area contributed by atoms with Gasteiger partial charge in [0.1, 0.15) is 0 Å². The van der Waals surface area contributed by atoms with Crippen LogP contribution >= 0.6 is 27.3 Å². The number of rotatable bonds is 2. The second-order valence-electron chi connectivity index (χ2n) is 6.35. The number of nitrogens with one attached hydrogen (secondary N) is 1. The Bertz CT molecular complexity index is 712. The van der Waals surface area contributed by atoms with Gasteiger partial charge in [0.25, 0.3) is 5.91 Å². The zero-order valence-electron chi connectivity index (χ0n) is 12.8. The van der Waals surface area contributed by atoms with Gasteiger partial charge in [0.15, 0.2) is 0 Å². The molecule has 2 bridgehead atoms. The summed E-state index contributed by atoms with van der Waals surface area (Å²) in [7, 11) is 0. The topological polar surface area (TPSA) is 32.3 Å². The molecular weight excluding hydrogens is 372 g/mol. The Morgan fingerprint density at radius 3 is 2.70 bits per heavy atom. The number of amides is 1. The molecule has 1 amide bonds. The number of carbonyl (C=O) groups is 1. The van der Waals surface area contributed by atoms with E-state index in [9.17, 15) is 4.79 Å². The van der Waals surface area contributed by atoms with Crippen LogP contribution in [0.1, 0.15) is 28.9 Å². The number of carbonyl (C=O) groups excluding carboxylic acids is 1. The van der Waals surface area contributed by atoms with Crippen molar-refractivity contribution in [3.63, 3.8) is 0 Å². The summed E-state index contributed by atoms with van der Waals surface area (Å²) in [5.41, 5.74) is 1.16. The van der Waals surface area contributed by atoms with E-state index < -0.39 is 0 Å². The highest BCUT2D eigenvalue weighted by Crippen LogP contribution is 2.30. The van der Waals surface area contributed by atoms with Crippen LogP contribution in [-0.4, -0.2) is 36.0 Å². The molecule has 2 aliphatic rings. The summed E-state index contributed by atoms with van der Waals surface area (Å²) in [6.45, 7) is 1.72. The Morgan fingerprint density at radius 1 is 1.09 bits per heavy atom. The molecule has 120 valence electrons. The van der Waals surface area contributed by atoms with Crippen LogP contribution in [0, 0.1) is 0 Å². The zero-order chi connectivity index (χ0) is 15.8. The molecule has 2 aliphatic heterocycles. The van der Waals surface area contributed by atoms with Crippen molar-refractivity contribution in [2.75, 3.05) is 13.1 Å². The number of fused-ring (bicyclic) bond motifs is 2. The summed E-state index contributed by atoms with van der Waals surface area (Å²) in [5.74, 6) is 0.188. The third-order valence-corrected chi connectivity index (χ3v) is 6.41. The van der Waals surface area contributed by atoms with Crippen LogP contribution in [0.5, 0.6) is 0 Å². The van der Waals surface area contributed by atoms with Crippen molar-refractivity contribution in [1.82, 2.24) is 10.2 Å². The van der Waals surface area contributed by atoms with Gasteiger partial charge in [0.05, 0.1) is 4.88 Å². The molecule has 2 saturated heterocycles. The number of halogens is 1. The molecular formula is C18H19BrN2OS. The average molecular weight is 391 g/mol. The first-order chi connectivity index (χ1) is 11.2. The second-order valence-corrected chi connectivity index (χ2v) is 8.35. The Kier molecular flexibility index (Phi) is 4.26. The Morgan fingerprint density at radius 2 is 1.87 bits per heavy atom. The van der Waals surface area contributed by atoms with Gasteiger partial charge in [-0.25, -0.2) is 0 Å². The minimum atomic E-state index is 0.188. The number of hydrogen-bond acceptors (Lipinski definition) is 3. The Labute approximate surface area is 148 Å². The number of hydrogen-bond donors (Lipinski definition) is 1. The van der Waals surface area contributed by atoms with Crippen molar-refractivity contribution >= 4 is 33.2 Å². The first-order valence-corrected chi connectivity index (χ1v) is 9.71. The molecule has 5 heteroatoms. The van der Waals surface area contributed by atoms with Gasteiger partial charge in [0, 0.05) is 34.5 Å². The fraction of sp³-hybridized carbons (Fsp3) is 0.389. The molecule has 0 saturated carbocycles.